The van der Waals surface area contributed by atoms with Crippen LogP contribution in [0, 0.1) is 47.3 Å². The Morgan fingerprint density at radius 1 is 0.497 bits per heavy atom. The summed E-state index contributed by atoms with van der Waals surface area (Å²) in [6.07, 6.45) is -8.52. The van der Waals surface area contributed by atoms with Gasteiger partial charge in [-0.25, -0.2) is 4.79 Å². The number of aromatic nitrogens is 2. The van der Waals surface area contributed by atoms with Crippen LogP contribution in [-0.2, 0) is 125 Å². The third-order valence-electron chi connectivity index (χ3n) is 26.6. The third kappa shape index (κ3) is 35.0. The first-order valence-electron chi connectivity index (χ1n) is 49.1. The number of carbonyl (C=O) groups excluding carboxylic acids is 18. The maximum Gasteiger partial charge on any atom is 0.407 e. The highest BCUT2D eigenvalue weighted by atomic mass is 127. The van der Waals surface area contributed by atoms with Gasteiger partial charge in [-0.1, -0.05) is 74.1 Å². The lowest BCUT2D eigenvalue weighted by atomic mass is 9.85. The number of ether oxygens (including phenoxy) is 1. The zero-order valence-corrected chi connectivity index (χ0v) is 87.9. The number of nitrogens with zero attached hydrogens (tertiary/aromatic N) is 2. The summed E-state index contributed by atoms with van der Waals surface area (Å²) in [7, 11) is -4.68. The predicted octanol–water partition coefficient (Wildman–Crippen LogP) is -3.19. The largest absolute Gasteiger partial charge is 0.508 e. The summed E-state index contributed by atoms with van der Waals surface area (Å²) in [6.45, 7) is 12.5. The van der Waals surface area contributed by atoms with Gasteiger partial charge in [0.15, 0.2) is 23.1 Å². The number of phenolic OH excluding ortho intramolecular Hbond substituents is 2. The normalized spacial score (nSPS) is 26.4. The smallest absolute Gasteiger partial charge is 0.407 e. The second kappa shape index (κ2) is 57.2. The maximum atomic E-state index is 14.9. The molecule has 10 rings (SSSR count). The number of aliphatic hydroxyl groups is 6. The standard InChI is InChI=1S/C52H77N9O16S.C41H55N7O15S.C3H9N.HI/c1-7-27(2)44-48(73)56-22-42(69)57-36-26-78(76)49-34(33-13-12-31(63)20-35(33)58-49)16-29(46(71)55-23-43(70)59-44)17-39(66)45(28(3)40(67)25-62)60-47(72)37-21-32(64)24-61(37)50(74)30(18-38(36)65)19-41(68)53-14-10-8-9-11-15-54-51(75)77-52(4,5)6;1-4-18(2)35-39(61)43-13-32(55)44-27-17-64(63)40-25(24-6-5-22(50)11-26(24)45-40)7-20(37(59)42-14-33(56)46-35)8-30(53)36(19(3)31(54)16-49)47-38(60)28-12-23(51)15-48(28)41(62)21(9-29(27)52)10-34(57)58;1-2-3-4;/h12-13,20,27-30,32,36-37,40,44-45,58,62-64,67H,7-11,14-19,21-26H2,1-6H3,(H,53,68)(H,54,75)(H,55,71)(H,56,73)(H,57,69)(H,59,70)(H,60,72);5-6,11,18-21,23,27-28,31,35-36,45,49-51,54H,4,7-10,12-17H2,1-3H3,(H,42,59)(H,43,61)(H,44,55)(H,46,56)(H,47,60)(H,57,58);2-4H2,1H3;1H/t27-,28-,29-,30-,32?,36?,37-,40-,44-,45-,78+;18-,19-,20-,21-,23?,27?,28-,31-,35-,36-,64+;;/m00../s1. The van der Waals surface area contributed by atoms with Crippen molar-refractivity contribution in [2.45, 2.75) is 267 Å². The van der Waals surface area contributed by atoms with E-state index in [1.54, 1.807) is 48.5 Å². The van der Waals surface area contributed by atoms with E-state index in [0.29, 0.717) is 55.8 Å². The molecule has 2 aromatic heterocycles. The van der Waals surface area contributed by atoms with E-state index in [-0.39, 0.29) is 80.7 Å². The van der Waals surface area contributed by atoms with Gasteiger partial charge in [-0.15, -0.1) is 24.0 Å². The lowest BCUT2D eigenvalue weighted by molar-refractivity contribution is -0.148. The van der Waals surface area contributed by atoms with Crippen molar-refractivity contribution >= 4 is 179 Å². The number of hydrogen-bond donors (Lipinski definition) is 24. The van der Waals surface area contributed by atoms with E-state index in [2.05, 4.69) is 80.7 Å². The molecule has 0 saturated carbocycles. The highest BCUT2D eigenvalue weighted by molar-refractivity contribution is 14.0. The average molecular weight is 2220 g/mol. The lowest BCUT2D eigenvalue weighted by Crippen LogP contribution is -2.56. The number of amides is 14. The first kappa shape index (κ1) is 122. The minimum absolute atomic E-state index is 0. The van der Waals surface area contributed by atoms with Crippen molar-refractivity contribution in [2.75, 3.05) is 83.6 Å². The molecule has 4 unspecified atom stereocenters. The van der Waals surface area contributed by atoms with Gasteiger partial charge in [-0.2, -0.15) is 0 Å². The van der Waals surface area contributed by atoms with Crippen molar-refractivity contribution in [3.8, 4) is 11.5 Å². The number of carbonyl (C=O) groups is 19. The van der Waals surface area contributed by atoms with Crippen molar-refractivity contribution in [2.24, 2.45) is 53.1 Å². The van der Waals surface area contributed by atoms with E-state index in [1.807, 2.05) is 0 Å². The highest BCUT2D eigenvalue weighted by Gasteiger charge is 2.49. The van der Waals surface area contributed by atoms with Gasteiger partial charge in [-0.05, 0) is 107 Å². The summed E-state index contributed by atoms with van der Waals surface area (Å²) < 4.78 is 34.7. The number of aromatic hydroxyl groups is 2. The molecular formula is C96H142IN17O31S2. The number of fused-ring (bicyclic) bond motifs is 10. The minimum Gasteiger partial charge on any atom is -0.508 e. The number of carboxylic acid groups (broad SMARTS) is 1. The van der Waals surface area contributed by atoms with Gasteiger partial charge in [0.1, 0.15) is 51.3 Å². The number of carboxylic acids is 1. The Morgan fingerprint density at radius 2 is 0.864 bits per heavy atom. The molecule has 0 spiro atoms. The van der Waals surface area contributed by atoms with Crippen LogP contribution < -0.4 is 69.5 Å². The second-order valence-corrected chi connectivity index (χ2v) is 41.8. The highest BCUT2D eigenvalue weighted by Crippen LogP contribution is 2.37. The maximum absolute atomic E-state index is 14.9. The Labute approximate surface area is 870 Å². The number of phenols is 2. The molecule has 6 aliphatic heterocycles. The molecule has 147 heavy (non-hydrogen) atoms. The number of aliphatic carboxylic acids is 1. The SMILES string of the molecule is CCCN.CC[C@H](C)[C@@H]1NC(=O)CNC(=O)[C@@H]2CC(=O)[C@H]([C@@H](C)[C@@H](O)CO)NC(=O)[C@@H]3CC(O)CN3C(=O)[C@H](CC(=O)NCCCCCCNC(=O)OC(C)(C)C)CC(=O)C(C[S@@](=O)c3[nH]c4cc(O)ccc4c3C2)NC(=O)CNC1=O.CC[C@H](C)[C@@H]1NC(=O)CNC(=O)[C@@H]2CC(=O)[C@H]([C@@H](C)[C@@H](O)CO)NC(=O)[C@@H]3CC(O)CN3C(=O)[C@H](CC(=O)O)CC(=O)C(C[S@@](=O)c3[nH]c4cc(O)ccc4c3C2)NC(=O)CNC1=O.I. The summed E-state index contributed by atoms with van der Waals surface area (Å²) in [5.74, 6) is -28.3. The van der Waals surface area contributed by atoms with E-state index < -0.39 is 381 Å². The van der Waals surface area contributed by atoms with Gasteiger partial charge in [0.05, 0.1) is 150 Å². The number of ketones is 4. The number of Topliss-reactive ketones (excluding diaryl/α,β-unsaturated/α-hetero) is 4. The zero-order chi connectivity index (χ0) is 108. The Morgan fingerprint density at radius 3 is 1.22 bits per heavy atom. The molecule has 25 N–H and O–H groups in total. The van der Waals surface area contributed by atoms with E-state index in [0.717, 1.165) is 22.8 Å². The van der Waals surface area contributed by atoms with Gasteiger partial charge in [-0.3, -0.25) is 94.7 Å². The van der Waals surface area contributed by atoms with Crippen LogP contribution in [0.25, 0.3) is 21.8 Å². The number of aromatic amines is 2. The summed E-state index contributed by atoms with van der Waals surface area (Å²) in [6, 6.07) is -4.20. The van der Waals surface area contributed by atoms with Crippen LogP contribution in [-0.4, -0.2) is 348 Å². The molecule has 22 atom stereocenters. The number of aliphatic hydroxyl groups excluding tert-OH is 6. The monoisotopic (exact) mass is 2220 g/mol. The Kier molecular flexibility index (Phi) is 47.6. The molecule has 816 valence electrons. The molecule has 2 saturated heterocycles. The third-order valence-corrected chi connectivity index (χ3v) is 29.5. The topological polar surface area (TPSA) is 758 Å². The number of nitrogens with two attached hydrogens (primary N) is 1. The molecule has 2 fully saturated rings. The second-order valence-electron chi connectivity index (χ2n) is 39.0. The molecule has 48 nitrogen and oxygen atoms in total. The first-order chi connectivity index (χ1) is 68.9. The van der Waals surface area contributed by atoms with E-state index in [1.165, 1.54) is 50.2 Å². The minimum atomic E-state index is -2.34. The fourth-order valence-electron chi connectivity index (χ4n) is 17.9. The summed E-state index contributed by atoms with van der Waals surface area (Å²) >= 11 is 0. The number of alkyl carbamates (subject to hydrolysis) is 1. The van der Waals surface area contributed by atoms with Crippen LogP contribution in [0.2, 0.25) is 0 Å². The number of unbranched alkanes of at least 4 members (excludes halogenated alkanes) is 3. The average Bonchev–Trinajstić information content (AvgIpc) is 1.86. The quantitative estimate of drug-likeness (QED) is 0.0272. The van der Waals surface area contributed by atoms with E-state index in [9.17, 15) is 145 Å². The molecule has 2 aromatic carbocycles. The van der Waals surface area contributed by atoms with Crippen LogP contribution in [0.1, 0.15) is 177 Å². The van der Waals surface area contributed by atoms with Crippen LogP contribution in [0.3, 0.4) is 0 Å². The van der Waals surface area contributed by atoms with Crippen molar-refractivity contribution in [1.82, 2.24) is 83.6 Å². The molecule has 51 heteroatoms. The number of hydrogen-bond acceptors (Lipinski definition) is 31. The fraction of sp³-hybridized carbons (Fsp3) is 0.635. The molecule has 14 amide bonds. The van der Waals surface area contributed by atoms with Crippen molar-refractivity contribution in [3.05, 3.63) is 47.5 Å². The number of benzene rings is 2. The van der Waals surface area contributed by atoms with E-state index >= 15 is 0 Å². The van der Waals surface area contributed by atoms with Gasteiger partial charge in [0.2, 0.25) is 76.8 Å². The Hall–Kier alpha value is -11.6. The van der Waals surface area contributed by atoms with Gasteiger partial charge >= 0.3 is 12.1 Å². The van der Waals surface area contributed by atoms with Crippen LogP contribution in [0.5, 0.6) is 11.5 Å². The van der Waals surface area contributed by atoms with Gasteiger partial charge < -0.3 is 140 Å². The molecule has 4 aromatic rings. The van der Waals surface area contributed by atoms with Crippen molar-refractivity contribution in [3.63, 3.8) is 0 Å². The van der Waals surface area contributed by atoms with Crippen molar-refractivity contribution < 1.29 is 150 Å². The van der Waals surface area contributed by atoms with Gasteiger partial charge in [0, 0.05) is 118 Å². The number of halogens is 1. The summed E-state index contributed by atoms with van der Waals surface area (Å²) in [5, 5.41) is 125. The molecule has 0 radical (unpaired) electrons. The van der Waals surface area contributed by atoms with Crippen LogP contribution >= 0.6 is 24.0 Å². The molecule has 0 aliphatic carbocycles. The van der Waals surface area contributed by atoms with Gasteiger partial charge in [0.25, 0.3) is 0 Å². The Balaban J connectivity index is 0.000000388. The summed E-state index contributed by atoms with van der Waals surface area (Å²) in [4.78, 5) is 272. The van der Waals surface area contributed by atoms with Crippen LogP contribution in [0.4, 0.5) is 4.79 Å². The molecule has 6 aliphatic rings. The van der Waals surface area contributed by atoms with Crippen LogP contribution in [0.15, 0.2) is 46.5 Å². The molecular weight excluding hydrogens is 2080 g/mol. The lowest BCUT2D eigenvalue weighted by Gasteiger charge is -2.32. The number of nitrogens with one attached hydrogen (secondary N) is 14. The molecule has 4 bridgehead atoms. The first-order valence-corrected chi connectivity index (χ1v) is 51.7. The van der Waals surface area contributed by atoms with Crippen molar-refractivity contribution in [1.29, 1.82) is 0 Å². The molecule has 8 heterocycles. The number of rotatable bonds is 22. The predicted molar refractivity (Wildman–Crippen MR) is 539 cm³/mol. The number of H-pyrrole nitrogens is 2. The fourth-order valence-corrected chi connectivity index (χ4v) is 20.7. The Bertz CT molecular complexity index is 5460. The van der Waals surface area contributed by atoms with E-state index in [4.69, 9.17) is 10.5 Å². The summed E-state index contributed by atoms with van der Waals surface area (Å²) in [5.41, 5.74) is 5.09. The zero-order valence-electron chi connectivity index (χ0n) is 83.9.